The first-order valence-corrected chi connectivity index (χ1v) is 8.32. The summed E-state index contributed by atoms with van der Waals surface area (Å²) in [6, 6.07) is 5.06. The normalized spacial score (nSPS) is 12.5. The number of benzene rings is 1. The fraction of sp³-hybridized carbons (Fsp3) is 0.200. The number of fused-ring (bicyclic) bond motifs is 1. The first-order valence-electron chi connectivity index (χ1n) is 6.68. The third-order valence-corrected chi connectivity index (χ3v) is 4.62. The molecule has 0 saturated heterocycles. The molecule has 1 N–H and O–H groups in total. The average molecular weight is 354 g/mol. The number of hydrogen-bond acceptors (Lipinski definition) is 3. The summed E-state index contributed by atoms with van der Waals surface area (Å²) in [4.78, 5) is 17.4. The summed E-state index contributed by atoms with van der Waals surface area (Å²) in [6.45, 7) is 1.89. The van der Waals surface area contributed by atoms with Crippen LogP contribution in [0.5, 0.6) is 0 Å². The Morgan fingerprint density at radius 1 is 1.45 bits per heavy atom. The Balaban J connectivity index is 1.66. The second kappa shape index (κ2) is 6.28. The predicted octanol–water partition coefficient (Wildman–Crippen LogP) is 4.12. The molecule has 2 heterocycles. The number of amides is 1. The van der Waals surface area contributed by atoms with Crippen molar-refractivity contribution < 1.29 is 4.79 Å². The number of nitrogens with one attached hydrogen (secondary N) is 1. The number of hydrogen-bond donors (Lipinski definition) is 1. The number of carbonyl (C=O) groups is 1. The molecule has 0 spiro atoms. The molecule has 0 fully saturated rings. The van der Waals surface area contributed by atoms with Gasteiger partial charge in [-0.25, -0.2) is 4.98 Å². The second-order valence-corrected chi connectivity index (χ2v) is 6.67. The second-order valence-electron chi connectivity index (χ2n) is 4.96. The van der Waals surface area contributed by atoms with Crippen LogP contribution in [0.25, 0.3) is 4.96 Å². The number of carbonyl (C=O) groups excluding carboxylic acids is 1. The van der Waals surface area contributed by atoms with E-state index in [0.29, 0.717) is 10.0 Å². The Morgan fingerprint density at radius 3 is 3.00 bits per heavy atom. The fourth-order valence-electron chi connectivity index (χ4n) is 2.25. The zero-order valence-corrected chi connectivity index (χ0v) is 14.0. The van der Waals surface area contributed by atoms with Gasteiger partial charge in [0.2, 0.25) is 5.91 Å². The van der Waals surface area contributed by atoms with Crippen molar-refractivity contribution in [1.29, 1.82) is 0 Å². The first kappa shape index (κ1) is 15.3. The largest absolute Gasteiger partial charge is 0.349 e. The van der Waals surface area contributed by atoms with Crippen molar-refractivity contribution in [2.24, 2.45) is 0 Å². The van der Waals surface area contributed by atoms with Crippen LogP contribution in [-0.2, 0) is 11.2 Å². The minimum atomic E-state index is -0.194. The summed E-state index contributed by atoms with van der Waals surface area (Å²) in [6.07, 6.45) is 4.03. The zero-order valence-electron chi connectivity index (χ0n) is 11.7. The molecule has 1 amide bonds. The van der Waals surface area contributed by atoms with Gasteiger partial charge in [0.25, 0.3) is 0 Å². The molecule has 1 unspecified atom stereocenters. The van der Waals surface area contributed by atoms with Gasteiger partial charge in [-0.3, -0.25) is 9.20 Å². The lowest BCUT2D eigenvalue weighted by Gasteiger charge is -2.15. The van der Waals surface area contributed by atoms with Gasteiger partial charge in [0.1, 0.15) is 0 Å². The topological polar surface area (TPSA) is 46.4 Å². The maximum atomic E-state index is 12.1. The summed E-state index contributed by atoms with van der Waals surface area (Å²) in [5.41, 5.74) is 1.59. The molecular weight excluding hydrogens is 341 g/mol. The maximum Gasteiger partial charge on any atom is 0.226 e. The average Bonchev–Trinajstić information content (AvgIpc) is 2.98. The SMILES string of the molecule is CC(NC(=O)Cc1cn2ccsc2n1)c1ccc(Cl)cc1Cl. The monoisotopic (exact) mass is 353 g/mol. The van der Waals surface area contributed by atoms with Crippen molar-refractivity contribution in [1.82, 2.24) is 14.7 Å². The Morgan fingerprint density at radius 2 is 2.27 bits per heavy atom. The molecule has 1 atom stereocenters. The van der Waals surface area contributed by atoms with Crippen LogP contribution < -0.4 is 5.32 Å². The van der Waals surface area contributed by atoms with E-state index in [1.54, 1.807) is 12.1 Å². The minimum absolute atomic E-state index is 0.0933. The molecule has 0 saturated carbocycles. The van der Waals surface area contributed by atoms with Crippen molar-refractivity contribution >= 4 is 45.4 Å². The molecule has 114 valence electrons. The van der Waals surface area contributed by atoms with Crippen molar-refractivity contribution in [3.63, 3.8) is 0 Å². The van der Waals surface area contributed by atoms with Gasteiger partial charge < -0.3 is 5.32 Å². The highest BCUT2D eigenvalue weighted by atomic mass is 35.5. The van der Waals surface area contributed by atoms with Crippen LogP contribution in [0.2, 0.25) is 10.0 Å². The lowest BCUT2D eigenvalue weighted by Crippen LogP contribution is -2.28. The summed E-state index contributed by atoms with van der Waals surface area (Å²) in [7, 11) is 0. The van der Waals surface area contributed by atoms with Crippen molar-refractivity contribution in [3.8, 4) is 0 Å². The highest BCUT2D eigenvalue weighted by molar-refractivity contribution is 7.15. The molecule has 4 nitrogen and oxygen atoms in total. The molecule has 0 radical (unpaired) electrons. The van der Waals surface area contributed by atoms with Gasteiger partial charge in [0.05, 0.1) is 18.2 Å². The number of thiazole rings is 1. The summed E-state index contributed by atoms with van der Waals surface area (Å²) in [5.74, 6) is -0.0933. The van der Waals surface area contributed by atoms with Gasteiger partial charge in [0, 0.05) is 27.8 Å². The molecule has 0 bridgehead atoms. The van der Waals surface area contributed by atoms with Crippen LogP contribution in [-0.4, -0.2) is 15.3 Å². The number of rotatable bonds is 4. The molecule has 0 aliphatic carbocycles. The smallest absolute Gasteiger partial charge is 0.226 e. The molecular formula is C15H13Cl2N3OS. The third kappa shape index (κ3) is 3.27. The molecule has 0 aliphatic rings. The van der Waals surface area contributed by atoms with Gasteiger partial charge >= 0.3 is 0 Å². The van der Waals surface area contributed by atoms with E-state index in [0.717, 1.165) is 16.2 Å². The Labute approximate surface area is 141 Å². The van der Waals surface area contributed by atoms with Crippen molar-refractivity contribution in [2.45, 2.75) is 19.4 Å². The van der Waals surface area contributed by atoms with E-state index in [1.807, 2.05) is 35.2 Å². The Kier molecular flexibility index (Phi) is 4.38. The Bertz CT molecular complexity index is 799. The third-order valence-electron chi connectivity index (χ3n) is 3.29. The molecule has 2 aromatic heterocycles. The quantitative estimate of drug-likeness (QED) is 0.766. The summed E-state index contributed by atoms with van der Waals surface area (Å²) in [5, 5.41) is 6.00. The number of halogens is 2. The van der Waals surface area contributed by atoms with E-state index in [2.05, 4.69) is 10.3 Å². The van der Waals surface area contributed by atoms with Crippen LogP contribution in [0.3, 0.4) is 0 Å². The van der Waals surface area contributed by atoms with E-state index in [4.69, 9.17) is 23.2 Å². The van der Waals surface area contributed by atoms with Crippen molar-refractivity contribution in [3.05, 3.63) is 57.3 Å². The van der Waals surface area contributed by atoms with Crippen molar-refractivity contribution in [2.75, 3.05) is 0 Å². The first-order chi connectivity index (χ1) is 10.5. The molecule has 3 aromatic rings. The molecule has 0 aliphatic heterocycles. The van der Waals surface area contributed by atoms with Gasteiger partial charge in [-0.05, 0) is 24.6 Å². The van der Waals surface area contributed by atoms with Gasteiger partial charge in [-0.2, -0.15) is 0 Å². The Hall–Kier alpha value is -1.56. The van der Waals surface area contributed by atoms with E-state index >= 15 is 0 Å². The van der Waals surface area contributed by atoms with E-state index in [1.165, 1.54) is 11.3 Å². The highest BCUT2D eigenvalue weighted by Crippen LogP contribution is 2.26. The molecule has 1 aromatic carbocycles. The van der Waals surface area contributed by atoms with E-state index in [-0.39, 0.29) is 18.4 Å². The standard InChI is InChI=1S/C15H13Cl2N3OS/c1-9(12-3-2-10(16)6-13(12)17)18-14(21)7-11-8-20-4-5-22-15(20)19-11/h2-6,8-9H,7H2,1H3,(H,18,21). The van der Waals surface area contributed by atoms with Crippen LogP contribution in [0, 0.1) is 0 Å². The van der Waals surface area contributed by atoms with Gasteiger partial charge in [-0.15, -0.1) is 11.3 Å². The maximum absolute atomic E-state index is 12.1. The van der Waals surface area contributed by atoms with Gasteiger partial charge in [0.15, 0.2) is 4.96 Å². The van der Waals surface area contributed by atoms with E-state index < -0.39 is 0 Å². The minimum Gasteiger partial charge on any atom is -0.349 e. The van der Waals surface area contributed by atoms with Crippen LogP contribution in [0.15, 0.2) is 36.0 Å². The number of imidazole rings is 1. The summed E-state index contributed by atoms with van der Waals surface area (Å²) < 4.78 is 1.91. The number of aromatic nitrogens is 2. The molecule has 7 heteroatoms. The van der Waals surface area contributed by atoms with E-state index in [9.17, 15) is 4.79 Å². The number of nitrogens with zero attached hydrogens (tertiary/aromatic N) is 2. The fourth-order valence-corrected chi connectivity index (χ4v) is 3.54. The zero-order chi connectivity index (χ0) is 15.7. The van der Waals surface area contributed by atoms with Crippen LogP contribution in [0.1, 0.15) is 24.2 Å². The van der Waals surface area contributed by atoms with Crippen LogP contribution >= 0.6 is 34.5 Å². The van der Waals surface area contributed by atoms with Gasteiger partial charge in [-0.1, -0.05) is 29.3 Å². The molecule has 22 heavy (non-hydrogen) atoms. The highest BCUT2D eigenvalue weighted by Gasteiger charge is 2.14. The lowest BCUT2D eigenvalue weighted by molar-refractivity contribution is -0.121. The molecule has 3 rings (SSSR count). The lowest BCUT2D eigenvalue weighted by atomic mass is 10.1. The predicted molar refractivity (Wildman–Crippen MR) is 89.8 cm³/mol. The summed E-state index contributed by atoms with van der Waals surface area (Å²) >= 11 is 13.6. The van der Waals surface area contributed by atoms with Crippen LogP contribution in [0.4, 0.5) is 0 Å².